The van der Waals surface area contributed by atoms with E-state index in [0.717, 1.165) is 27.9 Å². The lowest BCUT2D eigenvalue weighted by Gasteiger charge is -2.05. The zero-order valence-corrected chi connectivity index (χ0v) is 18.4. The lowest BCUT2D eigenvalue weighted by Crippen LogP contribution is -2.27. The number of hydrogen-bond acceptors (Lipinski definition) is 4. The molecule has 0 spiro atoms. The monoisotopic (exact) mass is 464 g/mol. The Bertz CT molecular complexity index is 1440. The van der Waals surface area contributed by atoms with Crippen LogP contribution in [-0.2, 0) is 13.0 Å². The van der Waals surface area contributed by atoms with E-state index in [4.69, 9.17) is 23.2 Å². The fourth-order valence-electron chi connectivity index (χ4n) is 3.66. The zero-order chi connectivity index (χ0) is 22.1. The number of nitrogens with zero attached hydrogens (tertiary/aromatic N) is 5. The van der Waals surface area contributed by atoms with E-state index in [0.29, 0.717) is 35.2 Å². The van der Waals surface area contributed by atoms with Crippen molar-refractivity contribution in [2.45, 2.75) is 13.0 Å². The number of hydrogen-bond donors (Lipinski definition) is 1. The van der Waals surface area contributed by atoms with Gasteiger partial charge in [-0.05, 0) is 35.9 Å². The van der Waals surface area contributed by atoms with Gasteiger partial charge in [0.25, 0.3) is 5.91 Å². The number of fused-ring (bicyclic) bond motifs is 2. The van der Waals surface area contributed by atoms with Crippen LogP contribution in [0, 0.1) is 0 Å². The topological polar surface area (TPSA) is 77.1 Å². The van der Waals surface area contributed by atoms with Crippen molar-refractivity contribution in [1.29, 1.82) is 0 Å². The summed E-state index contributed by atoms with van der Waals surface area (Å²) in [5.74, 6) is 0.554. The van der Waals surface area contributed by atoms with Gasteiger partial charge in [0.05, 0.1) is 22.1 Å². The maximum atomic E-state index is 12.9. The smallest absolute Gasteiger partial charge is 0.272 e. The average molecular weight is 465 g/mol. The van der Waals surface area contributed by atoms with Crippen LogP contribution in [0.25, 0.3) is 16.6 Å². The number of pyridine rings is 1. The number of amides is 1. The first-order valence-corrected chi connectivity index (χ1v) is 10.8. The molecule has 0 saturated carbocycles. The molecule has 1 N–H and O–H groups in total. The first-order valence-electron chi connectivity index (χ1n) is 10.1. The number of carbonyl (C=O) groups is 1. The quantitative estimate of drug-likeness (QED) is 0.403. The molecule has 0 aliphatic rings. The van der Waals surface area contributed by atoms with Crippen molar-refractivity contribution in [3.63, 3.8) is 0 Å². The molecule has 0 saturated heterocycles. The Morgan fingerprint density at radius 2 is 1.81 bits per heavy atom. The molecule has 32 heavy (non-hydrogen) atoms. The standard InChI is InChI=1S/C23H18Cl2N6O/c24-17-9-8-15(13-18(17)25)14-31-19-6-2-1-5-16(19)22(29-31)23(32)26-11-10-21-28-27-20-7-3-4-12-30(20)21/h1-9,12-13H,10-11,14H2,(H,26,32). The van der Waals surface area contributed by atoms with Crippen LogP contribution >= 0.6 is 23.2 Å². The second-order valence-electron chi connectivity index (χ2n) is 7.32. The van der Waals surface area contributed by atoms with Crippen molar-refractivity contribution in [3.05, 3.63) is 94.0 Å². The largest absolute Gasteiger partial charge is 0.350 e. The number of nitrogens with one attached hydrogen (secondary N) is 1. The van der Waals surface area contributed by atoms with E-state index in [1.807, 2.05) is 65.2 Å². The van der Waals surface area contributed by atoms with E-state index >= 15 is 0 Å². The Kier molecular flexibility index (Phi) is 5.51. The third-order valence-corrected chi connectivity index (χ3v) is 5.95. The lowest BCUT2D eigenvalue weighted by molar-refractivity contribution is 0.0949. The Balaban J connectivity index is 1.35. The first kappa shape index (κ1) is 20.5. The fourth-order valence-corrected chi connectivity index (χ4v) is 3.98. The maximum absolute atomic E-state index is 12.9. The average Bonchev–Trinajstić information content (AvgIpc) is 3.38. The van der Waals surface area contributed by atoms with Gasteiger partial charge in [-0.25, -0.2) is 0 Å². The third-order valence-electron chi connectivity index (χ3n) is 5.21. The van der Waals surface area contributed by atoms with E-state index in [1.54, 1.807) is 10.7 Å². The molecule has 0 unspecified atom stereocenters. The van der Waals surface area contributed by atoms with Crippen LogP contribution in [0.15, 0.2) is 66.9 Å². The van der Waals surface area contributed by atoms with E-state index in [2.05, 4.69) is 20.6 Å². The van der Waals surface area contributed by atoms with Crippen LogP contribution in [0.3, 0.4) is 0 Å². The molecule has 3 heterocycles. The number of para-hydroxylation sites is 1. The van der Waals surface area contributed by atoms with Gasteiger partial charge >= 0.3 is 0 Å². The predicted molar refractivity (Wildman–Crippen MR) is 124 cm³/mol. The molecular weight excluding hydrogens is 447 g/mol. The minimum Gasteiger partial charge on any atom is -0.350 e. The Morgan fingerprint density at radius 3 is 2.69 bits per heavy atom. The molecule has 0 aliphatic heterocycles. The molecule has 5 rings (SSSR count). The summed E-state index contributed by atoms with van der Waals surface area (Å²) in [5.41, 5.74) is 2.97. The number of carbonyl (C=O) groups excluding carboxylic acids is 1. The molecule has 0 atom stereocenters. The fraction of sp³-hybridized carbons (Fsp3) is 0.130. The zero-order valence-electron chi connectivity index (χ0n) is 16.9. The number of rotatable bonds is 6. The molecule has 5 aromatic rings. The van der Waals surface area contributed by atoms with Crippen molar-refractivity contribution < 1.29 is 4.79 Å². The molecule has 0 aliphatic carbocycles. The number of halogens is 2. The van der Waals surface area contributed by atoms with Crippen LogP contribution in [0.4, 0.5) is 0 Å². The van der Waals surface area contributed by atoms with Gasteiger partial charge in [-0.2, -0.15) is 5.10 Å². The second-order valence-corrected chi connectivity index (χ2v) is 8.14. The van der Waals surface area contributed by atoms with Crippen LogP contribution in [0.1, 0.15) is 21.9 Å². The maximum Gasteiger partial charge on any atom is 0.272 e. The summed E-state index contributed by atoms with van der Waals surface area (Å²) in [6.07, 6.45) is 2.46. The van der Waals surface area contributed by atoms with Gasteiger partial charge in [0.2, 0.25) is 0 Å². The van der Waals surface area contributed by atoms with Crippen LogP contribution in [0.2, 0.25) is 10.0 Å². The van der Waals surface area contributed by atoms with Gasteiger partial charge in [-0.3, -0.25) is 13.9 Å². The predicted octanol–water partition coefficient (Wildman–Crippen LogP) is 4.41. The van der Waals surface area contributed by atoms with Crippen LogP contribution in [0.5, 0.6) is 0 Å². The molecule has 1 amide bonds. The van der Waals surface area contributed by atoms with E-state index in [9.17, 15) is 4.79 Å². The van der Waals surface area contributed by atoms with Crippen LogP contribution < -0.4 is 5.32 Å². The summed E-state index contributed by atoms with van der Waals surface area (Å²) in [4.78, 5) is 12.9. The molecule has 9 heteroatoms. The van der Waals surface area contributed by atoms with E-state index in [-0.39, 0.29) is 5.91 Å². The highest BCUT2D eigenvalue weighted by molar-refractivity contribution is 6.42. The lowest BCUT2D eigenvalue weighted by atomic mass is 10.2. The molecule has 3 aromatic heterocycles. The number of benzene rings is 2. The molecule has 160 valence electrons. The third kappa shape index (κ3) is 3.92. The summed E-state index contributed by atoms with van der Waals surface area (Å²) in [6, 6.07) is 18.8. The van der Waals surface area contributed by atoms with Crippen molar-refractivity contribution >= 4 is 45.7 Å². The van der Waals surface area contributed by atoms with Crippen molar-refractivity contribution in [3.8, 4) is 0 Å². The summed E-state index contributed by atoms with van der Waals surface area (Å²) in [5, 5.41) is 17.7. The number of aromatic nitrogens is 5. The molecule has 7 nitrogen and oxygen atoms in total. The minimum atomic E-state index is -0.233. The van der Waals surface area contributed by atoms with Gasteiger partial charge in [-0.1, -0.05) is 53.5 Å². The van der Waals surface area contributed by atoms with E-state index in [1.165, 1.54) is 0 Å². The molecule has 0 bridgehead atoms. The van der Waals surface area contributed by atoms with Crippen molar-refractivity contribution in [1.82, 2.24) is 29.7 Å². The van der Waals surface area contributed by atoms with Gasteiger partial charge in [0.1, 0.15) is 5.82 Å². The second kappa shape index (κ2) is 8.61. The summed E-state index contributed by atoms with van der Waals surface area (Å²) >= 11 is 12.2. The highest BCUT2D eigenvalue weighted by Crippen LogP contribution is 2.24. The Hall–Kier alpha value is -3.42. The first-order chi connectivity index (χ1) is 15.6. The van der Waals surface area contributed by atoms with Crippen molar-refractivity contribution in [2.24, 2.45) is 0 Å². The Morgan fingerprint density at radius 1 is 0.969 bits per heavy atom. The summed E-state index contributed by atoms with van der Waals surface area (Å²) < 4.78 is 3.71. The minimum absolute atomic E-state index is 0.233. The summed E-state index contributed by atoms with van der Waals surface area (Å²) in [7, 11) is 0. The molecule has 0 fully saturated rings. The van der Waals surface area contributed by atoms with Crippen molar-refractivity contribution in [2.75, 3.05) is 6.54 Å². The normalized spacial score (nSPS) is 11.3. The Labute approximate surface area is 193 Å². The SMILES string of the molecule is O=C(NCCc1nnc2ccccn12)c1nn(Cc2ccc(Cl)c(Cl)c2)c2ccccc12. The highest BCUT2D eigenvalue weighted by atomic mass is 35.5. The summed E-state index contributed by atoms with van der Waals surface area (Å²) in [6.45, 7) is 0.888. The van der Waals surface area contributed by atoms with Gasteiger partial charge in [0, 0.05) is 24.5 Å². The van der Waals surface area contributed by atoms with Gasteiger partial charge in [0.15, 0.2) is 11.3 Å². The molecule has 2 aromatic carbocycles. The van der Waals surface area contributed by atoms with Gasteiger partial charge < -0.3 is 5.32 Å². The van der Waals surface area contributed by atoms with E-state index < -0.39 is 0 Å². The molecular formula is C23H18Cl2N6O. The van der Waals surface area contributed by atoms with Gasteiger partial charge in [-0.15, -0.1) is 10.2 Å². The molecule has 0 radical (unpaired) electrons. The van der Waals surface area contributed by atoms with Crippen LogP contribution in [-0.4, -0.2) is 36.8 Å². The highest BCUT2D eigenvalue weighted by Gasteiger charge is 2.17.